The van der Waals surface area contributed by atoms with Crippen molar-refractivity contribution >= 4 is 55.5 Å². The number of ether oxygens (including phenoxy) is 4. The average molecular weight is 854 g/mol. The van der Waals surface area contributed by atoms with Gasteiger partial charge in [0.2, 0.25) is 11.0 Å². The molecule has 7 rings (SSSR count). The Morgan fingerprint density at radius 1 is 0.823 bits per heavy atom. The second-order valence-electron chi connectivity index (χ2n) is 16.6. The molecule has 9 nitrogen and oxygen atoms in total. The predicted molar refractivity (Wildman–Crippen MR) is 251 cm³/mol. The number of benzene rings is 5. The van der Waals surface area contributed by atoms with Crippen molar-refractivity contribution in [3.05, 3.63) is 124 Å². The largest absolute Gasteiger partial charge is 0.493 e. The summed E-state index contributed by atoms with van der Waals surface area (Å²) >= 11 is 1.45. The van der Waals surface area contributed by atoms with Crippen LogP contribution in [0.3, 0.4) is 0 Å². The molecule has 0 aliphatic heterocycles. The van der Waals surface area contributed by atoms with Gasteiger partial charge < -0.3 is 18.9 Å². The molecule has 5 aromatic carbocycles. The normalized spacial score (nSPS) is 13.4. The van der Waals surface area contributed by atoms with Crippen LogP contribution in [0.5, 0.6) is 17.2 Å². The Morgan fingerprint density at radius 3 is 2.34 bits per heavy atom. The Bertz CT molecular complexity index is 2490. The number of carbonyl (C=O) groups is 2. The van der Waals surface area contributed by atoms with Crippen molar-refractivity contribution in [2.75, 3.05) is 24.8 Å². The van der Waals surface area contributed by atoms with Gasteiger partial charge in [0.05, 0.1) is 35.2 Å². The van der Waals surface area contributed by atoms with Crippen molar-refractivity contribution in [2.24, 2.45) is 10.5 Å². The number of anilines is 1. The smallest absolute Gasteiger partial charge is 0.343 e. The molecule has 1 aliphatic rings. The van der Waals surface area contributed by atoms with E-state index in [1.54, 1.807) is 18.3 Å². The summed E-state index contributed by atoms with van der Waals surface area (Å²) in [6, 6.07) is 29.2. The van der Waals surface area contributed by atoms with Crippen molar-refractivity contribution in [3.8, 4) is 17.2 Å². The average Bonchev–Trinajstić information content (AvgIpc) is 3.69. The van der Waals surface area contributed by atoms with Gasteiger partial charge >= 0.3 is 5.97 Å². The zero-order chi connectivity index (χ0) is 43.5. The molecule has 0 atom stereocenters. The van der Waals surface area contributed by atoms with Crippen molar-refractivity contribution in [1.82, 2.24) is 4.98 Å². The number of carbonyl (C=O) groups excluding carboxylic acids is 2. The number of para-hydroxylation sites is 1. The van der Waals surface area contributed by atoms with Crippen molar-refractivity contribution in [2.45, 2.75) is 105 Å². The van der Waals surface area contributed by atoms with Crippen molar-refractivity contribution in [1.29, 1.82) is 0 Å². The number of esters is 1. The highest BCUT2D eigenvalue weighted by Gasteiger charge is 2.35. The lowest BCUT2D eigenvalue weighted by Crippen LogP contribution is -2.33. The Kier molecular flexibility index (Phi) is 15.1. The highest BCUT2D eigenvalue weighted by molar-refractivity contribution is 7.22. The fourth-order valence-electron chi connectivity index (χ4n) is 7.92. The van der Waals surface area contributed by atoms with E-state index in [4.69, 9.17) is 29.0 Å². The van der Waals surface area contributed by atoms with E-state index in [2.05, 4.69) is 25.1 Å². The maximum absolute atomic E-state index is 13.5. The number of unbranched alkanes of at least 4 members (excludes halogenated alkanes) is 3. The molecule has 0 N–H and O–H groups in total. The molecule has 1 aromatic heterocycles. The van der Waals surface area contributed by atoms with Gasteiger partial charge in [-0.3, -0.25) is 4.79 Å². The molecule has 62 heavy (non-hydrogen) atoms. The van der Waals surface area contributed by atoms with Gasteiger partial charge in [0.25, 0.3) is 0 Å². The van der Waals surface area contributed by atoms with E-state index in [0.717, 1.165) is 87.7 Å². The Morgan fingerprint density at radius 2 is 1.60 bits per heavy atom. The summed E-state index contributed by atoms with van der Waals surface area (Å²) in [5.74, 6) is 1.41. The van der Waals surface area contributed by atoms with Crippen LogP contribution in [0.4, 0.5) is 5.13 Å². The van der Waals surface area contributed by atoms with E-state index in [9.17, 15) is 9.59 Å². The van der Waals surface area contributed by atoms with Crippen LogP contribution in [0.15, 0.2) is 96.1 Å². The van der Waals surface area contributed by atoms with Gasteiger partial charge in [-0.15, -0.1) is 0 Å². The zero-order valence-electron chi connectivity index (χ0n) is 36.8. The number of hydrogen-bond acceptors (Lipinski definition) is 9. The highest BCUT2D eigenvalue weighted by atomic mass is 32.1. The number of nitrogens with zero attached hydrogens (tertiary/aromatic N) is 3. The number of rotatable bonds is 21. The predicted octanol–water partition coefficient (Wildman–Crippen LogP) is 12.9. The third-order valence-electron chi connectivity index (χ3n) is 11.9. The fourth-order valence-corrected chi connectivity index (χ4v) is 8.86. The molecule has 1 amide bonds. The molecular weight excluding hydrogens is 795 g/mol. The first-order valence-corrected chi connectivity index (χ1v) is 23.0. The SMILES string of the molecule is CCCC(=O)N(/N=C/c1c(OCCCCCCOCC2(CC)CCC2)ccc2cc(COc3ccc(C(=O)Oc4ccc(C)cc4C)cc3C)ccc12)c1nc2ccccc2s1. The summed E-state index contributed by atoms with van der Waals surface area (Å²) in [5.41, 5.74) is 6.35. The molecule has 1 fully saturated rings. The maximum atomic E-state index is 13.5. The van der Waals surface area contributed by atoms with Crippen molar-refractivity contribution in [3.63, 3.8) is 0 Å². The molecular formula is C52H59N3O6S. The van der Waals surface area contributed by atoms with Gasteiger partial charge in [0.1, 0.15) is 23.9 Å². The molecule has 1 heterocycles. The molecule has 0 bridgehead atoms. The quantitative estimate of drug-likeness (QED) is 0.0234. The van der Waals surface area contributed by atoms with Crippen molar-refractivity contribution < 1.29 is 28.5 Å². The number of hydrazone groups is 1. The van der Waals surface area contributed by atoms with E-state index in [1.165, 1.54) is 42.0 Å². The van der Waals surface area contributed by atoms with Crippen LogP contribution >= 0.6 is 11.3 Å². The Balaban J connectivity index is 1.05. The van der Waals surface area contributed by atoms with E-state index in [-0.39, 0.29) is 5.91 Å². The van der Waals surface area contributed by atoms with Crippen LogP contribution < -0.4 is 19.2 Å². The summed E-state index contributed by atoms with van der Waals surface area (Å²) in [4.78, 5) is 31.3. The van der Waals surface area contributed by atoms with Crippen LogP contribution in [0.1, 0.15) is 116 Å². The lowest BCUT2D eigenvalue weighted by atomic mass is 9.68. The van der Waals surface area contributed by atoms with Gasteiger partial charge in [-0.1, -0.05) is 86.1 Å². The van der Waals surface area contributed by atoms with Crippen LogP contribution in [0.25, 0.3) is 21.0 Å². The molecule has 0 radical (unpaired) electrons. The van der Waals surface area contributed by atoms with Gasteiger partial charge in [-0.25, -0.2) is 9.78 Å². The molecule has 6 aromatic rings. The van der Waals surface area contributed by atoms with Crippen LogP contribution in [-0.2, 0) is 16.1 Å². The van der Waals surface area contributed by atoms with Gasteiger partial charge in [-0.05, 0) is 147 Å². The topological polar surface area (TPSA) is 99.6 Å². The highest BCUT2D eigenvalue weighted by Crippen LogP contribution is 2.44. The Hall–Kier alpha value is -5.58. The minimum absolute atomic E-state index is 0.118. The first-order valence-electron chi connectivity index (χ1n) is 22.2. The van der Waals surface area contributed by atoms with E-state index >= 15 is 0 Å². The van der Waals surface area contributed by atoms with Gasteiger partial charge in [-0.2, -0.15) is 10.1 Å². The lowest BCUT2D eigenvalue weighted by molar-refractivity contribution is -0.118. The van der Waals surface area contributed by atoms with Crippen LogP contribution in [0.2, 0.25) is 0 Å². The molecule has 0 saturated heterocycles. The van der Waals surface area contributed by atoms with E-state index in [1.807, 2.05) is 88.4 Å². The first-order chi connectivity index (χ1) is 30.1. The van der Waals surface area contributed by atoms with Crippen LogP contribution in [0, 0.1) is 26.2 Å². The number of thiazole rings is 1. The molecule has 0 spiro atoms. The number of amides is 1. The third kappa shape index (κ3) is 11.1. The Labute approximate surface area is 370 Å². The summed E-state index contributed by atoms with van der Waals surface area (Å²) < 4.78 is 25.5. The summed E-state index contributed by atoms with van der Waals surface area (Å²) in [7, 11) is 0. The fraction of sp³-hybridized carbons (Fsp3) is 0.385. The number of hydrogen-bond donors (Lipinski definition) is 0. The number of fused-ring (bicyclic) bond motifs is 2. The lowest BCUT2D eigenvalue weighted by Gasteiger charge is -2.40. The molecule has 324 valence electrons. The third-order valence-corrected chi connectivity index (χ3v) is 12.9. The molecule has 0 unspecified atom stereocenters. The monoisotopic (exact) mass is 853 g/mol. The summed E-state index contributed by atoms with van der Waals surface area (Å²) in [5, 5.41) is 8.72. The maximum Gasteiger partial charge on any atom is 0.343 e. The first kappa shape index (κ1) is 44.5. The van der Waals surface area contributed by atoms with Crippen LogP contribution in [-0.4, -0.2) is 42.9 Å². The zero-order valence-corrected chi connectivity index (χ0v) is 37.7. The van der Waals surface area contributed by atoms with Gasteiger partial charge in [0.15, 0.2) is 0 Å². The van der Waals surface area contributed by atoms with Gasteiger partial charge in [0, 0.05) is 18.6 Å². The van der Waals surface area contributed by atoms with E-state index < -0.39 is 5.97 Å². The standard InChI is InChI=1S/C52H59N3O6S/c1-6-15-49(56)55(51-54-44-16-10-11-17-48(44)62-51)53-33-43-42-22-19-39(34-60-45-24-21-41(31-38(45)5)50(57)61-46-23-18-36(3)30-37(46)4)32-40(42)20-25-47(43)59-29-13-9-8-12-28-58-35-52(7-2)26-14-27-52/h10-11,16-25,30-33H,6-9,12-15,26-29,34-35H2,1-5H3/b53-33+. The summed E-state index contributed by atoms with van der Waals surface area (Å²) in [6.07, 6.45) is 12.1. The minimum atomic E-state index is -0.411. The molecule has 1 saturated carbocycles. The number of aryl methyl sites for hydroxylation is 3. The second kappa shape index (κ2) is 21.0. The number of aromatic nitrogens is 1. The van der Waals surface area contributed by atoms with E-state index in [0.29, 0.717) is 59.4 Å². The summed E-state index contributed by atoms with van der Waals surface area (Å²) in [6.45, 7) is 12.7. The molecule has 1 aliphatic carbocycles. The minimum Gasteiger partial charge on any atom is -0.493 e. The molecule has 10 heteroatoms. The second-order valence-corrected chi connectivity index (χ2v) is 17.7.